The van der Waals surface area contributed by atoms with Gasteiger partial charge in [-0.05, 0) is 25.1 Å². The summed E-state index contributed by atoms with van der Waals surface area (Å²) in [6.07, 6.45) is 0.757. The van der Waals surface area contributed by atoms with E-state index in [-0.39, 0.29) is 6.04 Å². The first-order valence-electron chi connectivity index (χ1n) is 5.60. The Morgan fingerprint density at radius 2 is 2.41 bits per heavy atom. The van der Waals surface area contributed by atoms with Crippen molar-refractivity contribution in [3.05, 3.63) is 29.3 Å². The van der Waals surface area contributed by atoms with Crippen LogP contribution in [0.5, 0.6) is 0 Å². The SMILES string of the molecule is CC1COCCN1c1ccc(C=O)cc1C#N. The van der Waals surface area contributed by atoms with Crippen molar-refractivity contribution in [2.24, 2.45) is 0 Å². The van der Waals surface area contributed by atoms with E-state index in [1.54, 1.807) is 12.1 Å². The highest BCUT2D eigenvalue weighted by molar-refractivity contribution is 5.78. The number of nitrogens with zero attached hydrogens (tertiary/aromatic N) is 2. The van der Waals surface area contributed by atoms with E-state index >= 15 is 0 Å². The van der Waals surface area contributed by atoms with E-state index in [9.17, 15) is 4.79 Å². The predicted molar refractivity (Wildman–Crippen MR) is 64.2 cm³/mol. The number of benzene rings is 1. The first-order chi connectivity index (χ1) is 8.26. The molecule has 4 nitrogen and oxygen atoms in total. The van der Waals surface area contributed by atoms with Crippen LogP contribution in [0.3, 0.4) is 0 Å². The Morgan fingerprint density at radius 3 is 3.06 bits per heavy atom. The smallest absolute Gasteiger partial charge is 0.150 e. The van der Waals surface area contributed by atoms with Gasteiger partial charge in [-0.1, -0.05) is 0 Å². The van der Waals surface area contributed by atoms with Crippen molar-refractivity contribution in [3.8, 4) is 6.07 Å². The molecule has 0 amide bonds. The van der Waals surface area contributed by atoms with Crippen molar-refractivity contribution in [3.63, 3.8) is 0 Å². The van der Waals surface area contributed by atoms with Crippen LogP contribution >= 0.6 is 0 Å². The summed E-state index contributed by atoms with van der Waals surface area (Å²) in [6.45, 7) is 4.18. The summed E-state index contributed by atoms with van der Waals surface area (Å²) in [5, 5.41) is 9.13. The molecule has 88 valence electrons. The van der Waals surface area contributed by atoms with Gasteiger partial charge in [0.15, 0.2) is 0 Å². The molecule has 1 heterocycles. The van der Waals surface area contributed by atoms with Crippen molar-refractivity contribution >= 4 is 12.0 Å². The third-order valence-electron chi connectivity index (χ3n) is 2.95. The fraction of sp³-hybridized carbons (Fsp3) is 0.385. The second-order valence-corrected chi connectivity index (χ2v) is 4.12. The molecule has 1 aromatic carbocycles. The number of anilines is 1. The molecule has 1 saturated heterocycles. The van der Waals surface area contributed by atoms with Gasteiger partial charge in [0.05, 0.1) is 24.5 Å². The van der Waals surface area contributed by atoms with Crippen molar-refractivity contribution in [2.45, 2.75) is 13.0 Å². The minimum Gasteiger partial charge on any atom is -0.377 e. The number of carbonyl (C=O) groups excluding carboxylic acids is 1. The monoisotopic (exact) mass is 230 g/mol. The first kappa shape index (κ1) is 11.6. The first-order valence-corrected chi connectivity index (χ1v) is 5.60. The standard InChI is InChI=1S/C13H14N2O2/c1-10-9-17-5-4-15(10)13-3-2-11(8-16)6-12(13)7-14/h2-3,6,8,10H,4-5,9H2,1H3. The number of rotatable bonds is 2. The third-order valence-corrected chi connectivity index (χ3v) is 2.95. The molecular formula is C13H14N2O2. The van der Waals surface area contributed by atoms with E-state index in [0.717, 1.165) is 18.5 Å². The van der Waals surface area contributed by atoms with Crippen LogP contribution in [0.1, 0.15) is 22.8 Å². The lowest BCUT2D eigenvalue weighted by Gasteiger charge is -2.35. The number of hydrogen-bond donors (Lipinski definition) is 0. The molecule has 0 aliphatic carbocycles. The molecule has 1 unspecified atom stereocenters. The molecule has 2 rings (SSSR count). The summed E-state index contributed by atoms with van der Waals surface area (Å²) in [6, 6.07) is 7.60. The van der Waals surface area contributed by atoms with Crippen LogP contribution in [0.4, 0.5) is 5.69 Å². The zero-order valence-corrected chi connectivity index (χ0v) is 9.72. The van der Waals surface area contributed by atoms with Gasteiger partial charge in [0.25, 0.3) is 0 Å². The maximum absolute atomic E-state index is 10.7. The van der Waals surface area contributed by atoms with Crippen LogP contribution in [-0.4, -0.2) is 32.1 Å². The Hall–Kier alpha value is -1.86. The number of carbonyl (C=O) groups is 1. The zero-order valence-electron chi connectivity index (χ0n) is 9.72. The Kier molecular flexibility index (Phi) is 3.40. The van der Waals surface area contributed by atoms with Crippen LogP contribution in [0.2, 0.25) is 0 Å². The van der Waals surface area contributed by atoms with Gasteiger partial charge in [0.2, 0.25) is 0 Å². The molecule has 0 saturated carbocycles. The Labute approximate surface area is 100 Å². The highest BCUT2D eigenvalue weighted by Crippen LogP contribution is 2.24. The van der Waals surface area contributed by atoms with E-state index in [1.165, 1.54) is 0 Å². The summed E-state index contributed by atoms with van der Waals surface area (Å²) in [4.78, 5) is 12.8. The summed E-state index contributed by atoms with van der Waals surface area (Å²) in [7, 11) is 0. The molecule has 4 heteroatoms. The Bertz CT molecular complexity index is 465. The summed E-state index contributed by atoms with van der Waals surface area (Å²) >= 11 is 0. The largest absolute Gasteiger partial charge is 0.377 e. The lowest BCUT2D eigenvalue weighted by atomic mass is 10.1. The zero-order chi connectivity index (χ0) is 12.3. The molecule has 1 fully saturated rings. The Balaban J connectivity index is 2.37. The fourth-order valence-corrected chi connectivity index (χ4v) is 2.05. The van der Waals surface area contributed by atoms with Crippen LogP contribution < -0.4 is 4.90 Å². The van der Waals surface area contributed by atoms with Crippen LogP contribution in [0.25, 0.3) is 0 Å². The molecule has 0 bridgehead atoms. The van der Waals surface area contributed by atoms with E-state index in [4.69, 9.17) is 10.00 Å². The predicted octanol–water partition coefficient (Wildman–Crippen LogP) is 1.60. The quantitative estimate of drug-likeness (QED) is 0.724. The average Bonchev–Trinajstić information content (AvgIpc) is 2.38. The third kappa shape index (κ3) is 2.29. The summed E-state index contributed by atoms with van der Waals surface area (Å²) in [5.74, 6) is 0. The van der Waals surface area contributed by atoms with Crippen LogP contribution in [-0.2, 0) is 4.74 Å². The molecular weight excluding hydrogens is 216 g/mol. The average molecular weight is 230 g/mol. The summed E-state index contributed by atoms with van der Waals surface area (Å²) < 4.78 is 5.37. The molecule has 1 aliphatic rings. The molecule has 1 aliphatic heterocycles. The highest BCUT2D eigenvalue weighted by Gasteiger charge is 2.21. The maximum Gasteiger partial charge on any atom is 0.150 e. The number of morpholine rings is 1. The van der Waals surface area contributed by atoms with Gasteiger partial charge >= 0.3 is 0 Å². The minimum atomic E-state index is 0.248. The Morgan fingerprint density at radius 1 is 1.59 bits per heavy atom. The van der Waals surface area contributed by atoms with Gasteiger partial charge in [-0.3, -0.25) is 4.79 Å². The van der Waals surface area contributed by atoms with Gasteiger partial charge in [0, 0.05) is 18.2 Å². The number of ether oxygens (including phenoxy) is 1. The normalized spacial score (nSPS) is 19.8. The second-order valence-electron chi connectivity index (χ2n) is 4.12. The van der Waals surface area contributed by atoms with E-state index < -0.39 is 0 Å². The molecule has 1 aromatic rings. The van der Waals surface area contributed by atoms with E-state index in [2.05, 4.69) is 17.9 Å². The topological polar surface area (TPSA) is 53.3 Å². The van der Waals surface area contributed by atoms with Crippen LogP contribution in [0, 0.1) is 11.3 Å². The molecule has 1 atom stereocenters. The lowest BCUT2D eigenvalue weighted by molar-refractivity contribution is 0.0989. The van der Waals surface area contributed by atoms with Crippen molar-refractivity contribution < 1.29 is 9.53 Å². The van der Waals surface area contributed by atoms with Gasteiger partial charge in [-0.15, -0.1) is 0 Å². The van der Waals surface area contributed by atoms with Gasteiger partial charge in [-0.2, -0.15) is 5.26 Å². The van der Waals surface area contributed by atoms with Crippen molar-refractivity contribution in [2.75, 3.05) is 24.7 Å². The van der Waals surface area contributed by atoms with Gasteiger partial charge < -0.3 is 9.64 Å². The molecule has 0 radical (unpaired) electrons. The number of nitriles is 1. The van der Waals surface area contributed by atoms with Crippen LogP contribution in [0.15, 0.2) is 18.2 Å². The van der Waals surface area contributed by atoms with Gasteiger partial charge in [0.1, 0.15) is 12.4 Å². The van der Waals surface area contributed by atoms with E-state index in [1.807, 2.05) is 6.07 Å². The highest BCUT2D eigenvalue weighted by atomic mass is 16.5. The summed E-state index contributed by atoms with van der Waals surface area (Å²) in [5.41, 5.74) is 1.96. The minimum absolute atomic E-state index is 0.248. The fourth-order valence-electron chi connectivity index (χ4n) is 2.05. The number of hydrogen-bond acceptors (Lipinski definition) is 4. The molecule has 17 heavy (non-hydrogen) atoms. The number of aldehydes is 1. The molecule has 0 N–H and O–H groups in total. The molecule has 0 spiro atoms. The maximum atomic E-state index is 10.7. The van der Waals surface area contributed by atoms with E-state index in [0.29, 0.717) is 24.3 Å². The van der Waals surface area contributed by atoms with Crippen molar-refractivity contribution in [1.82, 2.24) is 0 Å². The van der Waals surface area contributed by atoms with Gasteiger partial charge in [-0.25, -0.2) is 0 Å². The van der Waals surface area contributed by atoms with Crippen molar-refractivity contribution in [1.29, 1.82) is 5.26 Å². The second kappa shape index (κ2) is 4.98. The molecule has 0 aromatic heterocycles. The lowest BCUT2D eigenvalue weighted by Crippen LogP contribution is -2.44.